The minimum atomic E-state index is -0.788. The number of benzene rings is 2. The van der Waals surface area contributed by atoms with Crippen molar-refractivity contribution in [3.8, 4) is 11.5 Å². The topological polar surface area (TPSA) is 96.9 Å². The molecule has 1 amide bonds. The molecule has 5 rings (SSSR count). The van der Waals surface area contributed by atoms with Crippen molar-refractivity contribution < 1.29 is 33.0 Å². The van der Waals surface area contributed by atoms with Crippen molar-refractivity contribution in [2.75, 3.05) is 13.2 Å². The summed E-state index contributed by atoms with van der Waals surface area (Å²) < 4.78 is 37.1. The van der Waals surface area contributed by atoms with Crippen molar-refractivity contribution >= 4 is 12.2 Å². The van der Waals surface area contributed by atoms with Gasteiger partial charge in [-0.25, -0.2) is 8.78 Å². The molecule has 34 heavy (non-hydrogen) atoms. The van der Waals surface area contributed by atoms with E-state index in [0.29, 0.717) is 49.9 Å². The third-order valence-electron chi connectivity index (χ3n) is 6.82. The number of nitrogens with one attached hydrogen (secondary N) is 2. The third-order valence-corrected chi connectivity index (χ3v) is 6.82. The van der Waals surface area contributed by atoms with Crippen LogP contribution < -0.4 is 20.1 Å². The number of aliphatic hydroxyl groups excluding tert-OH is 1. The van der Waals surface area contributed by atoms with Gasteiger partial charge in [0.2, 0.25) is 0 Å². The predicted octanol–water partition coefficient (Wildman–Crippen LogP) is 2.51. The van der Waals surface area contributed by atoms with Gasteiger partial charge in [0.15, 0.2) is 19.0 Å². The largest absolute Gasteiger partial charge is 0.484 e. The summed E-state index contributed by atoms with van der Waals surface area (Å²) in [5.74, 6) is -0.287. The van der Waals surface area contributed by atoms with Crippen LogP contribution in [0.4, 0.5) is 8.78 Å². The average molecular weight is 475 g/mol. The van der Waals surface area contributed by atoms with E-state index in [1.165, 1.54) is 48.5 Å². The summed E-state index contributed by atoms with van der Waals surface area (Å²) in [5, 5.41) is 17.3. The molecule has 9 heteroatoms. The molecule has 0 saturated heterocycles. The number of fused-ring (bicyclic) bond motifs is 3. The summed E-state index contributed by atoms with van der Waals surface area (Å²) in [6.45, 7) is -0.00256. The maximum atomic E-state index is 13.1. The normalized spacial score (nSPS) is 26.5. The van der Waals surface area contributed by atoms with Crippen LogP contribution in [0.1, 0.15) is 32.1 Å². The number of carbonyl (C=O) groups excluding carboxylic acids is 2. The second kappa shape index (κ2) is 10.1. The van der Waals surface area contributed by atoms with Crippen LogP contribution >= 0.6 is 0 Å². The lowest BCUT2D eigenvalue weighted by molar-refractivity contribution is -0.130. The summed E-state index contributed by atoms with van der Waals surface area (Å²) in [4.78, 5) is 24.0. The van der Waals surface area contributed by atoms with E-state index in [1.54, 1.807) is 0 Å². The Morgan fingerprint density at radius 3 is 2.18 bits per heavy atom. The predicted molar refractivity (Wildman–Crippen MR) is 119 cm³/mol. The Morgan fingerprint density at radius 2 is 1.62 bits per heavy atom. The molecule has 3 aliphatic rings. The highest BCUT2D eigenvalue weighted by Crippen LogP contribution is 2.47. The first-order chi connectivity index (χ1) is 16.3. The molecule has 0 aliphatic heterocycles. The number of hydrogen-bond acceptors (Lipinski definition) is 6. The fraction of sp³-hybridized carbons (Fsp3) is 0.440. The zero-order chi connectivity index (χ0) is 24.2. The van der Waals surface area contributed by atoms with Gasteiger partial charge < -0.3 is 25.2 Å². The third kappa shape index (κ3) is 5.53. The van der Waals surface area contributed by atoms with E-state index in [1.807, 2.05) is 0 Å². The van der Waals surface area contributed by atoms with Gasteiger partial charge in [0, 0.05) is 17.6 Å². The number of rotatable bonds is 10. The number of ether oxygens (including phenoxy) is 2. The Labute approximate surface area is 196 Å². The monoisotopic (exact) mass is 474 g/mol. The average Bonchev–Trinajstić information content (AvgIpc) is 2.83. The zero-order valence-corrected chi connectivity index (χ0v) is 18.6. The first-order valence-corrected chi connectivity index (χ1v) is 11.3. The van der Waals surface area contributed by atoms with Gasteiger partial charge in [-0.15, -0.1) is 0 Å². The second-order valence-electron chi connectivity index (χ2n) is 9.07. The number of aliphatic hydroxyl groups is 1. The van der Waals surface area contributed by atoms with Crippen LogP contribution in [-0.2, 0) is 9.59 Å². The van der Waals surface area contributed by atoms with Crippen LogP contribution in [0.3, 0.4) is 0 Å². The van der Waals surface area contributed by atoms with Gasteiger partial charge in [-0.2, -0.15) is 0 Å². The molecule has 3 N–H and O–H groups in total. The maximum Gasteiger partial charge on any atom is 0.258 e. The van der Waals surface area contributed by atoms with Gasteiger partial charge >= 0.3 is 0 Å². The SMILES string of the molecule is O=CC(CNC12CCC(NC(=O)COc3ccc(F)cc3)(CC1)C[C@@H]2O)Oc1ccc(F)cc1. The molecule has 0 radical (unpaired) electrons. The van der Waals surface area contributed by atoms with E-state index in [4.69, 9.17) is 9.47 Å². The number of carbonyl (C=O) groups is 2. The van der Waals surface area contributed by atoms with Crippen LogP contribution in [0, 0.1) is 11.6 Å². The van der Waals surface area contributed by atoms with Gasteiger partial charge in [0.25, 0.3) is 5.91 Å². The van der Waals surface area contributed by atoms with Gasteiger partial charge in [-0.1, -0.05) is 0 Å². The first-order valence-electron chi connectivity index (χ1n) is 11.3. The van der Waals surface area contributed by atoms with Gasteiger partial charge in [0.1, 0.15) is 23.1 Å². The number of aldehydes is 1. The molecule has 0 spiro atoms. The number of amides is 1. The summed E-state index contributed by atoms with van der Waals surface area (Å²) in [5.41, 5.74) is -1.08. The van der Waals surface area contributed by atoms with E-state index >= 15 is 0 Å². The molecule has 3 fully saturated rings. The highest BCUT2D eigenvalue weighted by molar-refractivity contribution is 5.78. The van der Waals surface area contributed by atoms with Crippen molar-refractivity contribution in [1.82, 2.24) is 10.6 Å². The fourth-order valence-corrected chi connectivity index (χ4v) is 4.87. The molecule has 2 aromatic rings. The lowest BCUT2D eigenvalue weighted by Crippen LogP contribution is -2.70. The van der Waals surface area contributed by atoms with Gasteiger partial charge in [-0.3, -0.25) is 9.59 Å². The molecule has 0 heterocycles. The molecule has 2 bridgehead atoms. The fourth-order valence-electron chi connectivity index (χ4n) is 4.87. The quantitative estimate of drug-likeness (QED) is 0.458. The first kappa shape index (κ1) is 24.1. The Bertz CT molecular complexity index is 991. The lowest BCUT2D eigenvalue weighted by Gasteiger charge is -2.56. The van der Waals surface area contributed by atoms with E-state index in [2.05, 4.69) is 10.6 Å². The molecule has 7 nitrogen and oxygen atoms in total. The maximum absolute atomic E-state index is 13.1. The Morgan fingerprint density at radius 1 is 1.03 bits per heavy atom. The van der Waals surface area contributed by atoms with Gasteiger partial charge in [0.05, 0.1) is 6.10 Å². The highest BCUT2D eigenvalue weighted by atomic mass is 19.1. The summed E-state index contributed by atoms with van der Waals surface area (Å²) in [6.07, 6.45) is 2.14. The minimum absolute atomic E-state index is 0.197. The summed E-state index contributed by atoms with van der Waals surface area (Å²) in [7, 11) is 0. The summed E-state index contributed by atoms with van der Waals surface area (Å²) >= 11 is 0. The summed E-state index contributed by atoms with van der Waals surface area (Å²) in [6, 6.07) is 10.9. The highest BCUT2D eigenvalue weighted by Gasteiger charge is 2.54. The minimum Gasteiger partial charge on any atom is -0.484 e. The van der Waals surface area contributed by atoms with Crippen molar-refractivity contribution in [3.63, 3.8) is 0 Å². The molecular formula is C25H28F2N2O5. The molecule has 0 aromatic heterocycles. The van der Waals surface area contributed by atoms with E-state index in [0.717, 1.165) is 0 Å². The Hall–Kier alpha value is -3.04. The Balaban J connectivity index is 1.28. The van der Waals surface area contributed by atoms with Crippen LogP contribution in [0.15, 0.2) is 48.5 Å². The van der Waals surface area contributed by atoms with Crippen LogP contribution in [0.2, 0.25) is 0 Å². The molecule has 2 atom stereocenters. The Kier molecular flexibility index (Phi) is 7.13. The molecule has 1 unspecified atom stereocenters. The number of hydrogen-bond donors (Lipinski definition) is 3. The standard InChI is InChI=1S/C25H28F2N2O5/c26-17-1-5-19(6-2-17)33-16-23(32)29-24-9-11-25(12-10-24,22(31)13-24)28-14-21(15-30)34-20-7-3-18(27)4-8-20/h1-8,15,21-22,28,31H,9-14,16H2,(H,29,32)/t21?,22-,24?,25?/m0/s1. The molecule has 3 aliphatic carbocycles. The van der Waals surface area contributed by atoms with Crippen LogP contribution in [-0.4, -0.2) is 53.7 Å². The van der Waals surface area contributed by atoms with Crippen molar-refractivity contribution in [2.24, 2.45) is 0 Å². The smallest absolute Gasteiger partial charge is 0.258 e. The zero-order valence-electron chi connectivity index (χ0n) is 18.6. The second-order valence-corrected chi connectivity index (χ2v) is 9.07. The molecule has 2 aromatic carbocycles. The van der Waals surface area contributed by atoms with Crippen molar-refractivity contribution in [1.29, 1.82) is 0 Å². The van der Waals surface area contributed by atoms with Crippen molar-refractivity contribution in [2.45, 2.75) is 55.4 Å². The lowest BCUT2D eigenvalue weighted by atomic mass is 9.60. The molecule has 3 saturated carbocycles. The number of halogens is 2. The van der Waals surface area contributed by atoms with E-state index < -0.39 is 29.1 Å². The van der Waals surface area contributed by atoms with Crippen molar-refractivity contribution in [3.05, 3.63) is 60.2 Å². The van der Waals surface area contributed by atoms with E-state index in [-0.39, 0.29) is 24.9 Å². The molecular weight excluding hydrogens is 446 g/mol. The van der Waals surface area contributed by atoms with Crippen LogP contribution in [0.25, 0.3) is 0 Å². The molecule has 182 valence electrons. The van der Waals surface area contributed by atoms with Gasteiger partial charge in [-0.05, 0) is 80.6 Å². The van der Waals surface area contributed by atoms with Crippen LogP contribution in [0.5, 0.6) is 11.5 Å². The van der Waals surface area contributed by atoms with E-state index in [9.17, 15) is 23.5 Å².